The van der Waals surface area contributed by atoms with Crippen molar-refractivity contribution in [1.82, 2.24) is 9.55 Å². The standard InChI is InChI=1S/C24H23ClN2O4S/c1-4-24(2,29)13-31-19-10-9-17(11-20(19)30-3)27-14-26-18-12-21(32-22(18)23(27)28)15-5-7-16(25)8-6-15/h5-12,14,29H,4,13H2,1-3H3. The number of aliphatic hydroxyl groups is 1. The van der Waals surface area contributed by atoms with Crippen LogP contribution in [0.5, 0.6) is 11.5 Å². The van der Waals surface area contributed by atoms with E-state index in [0.29, 0.717) is 38.8 Å². The summed E-state index contributed by atoms with van der Waals surface area (Å²) in [6.07, 6.45) is 2.08. The van der Waals surface area contributed by atoms with E-state index in [9.17, 15) is 9.90 Å². The number of benzene rings is 2. The minimum absolute atomic E-state index is 0.134. The van der Waals surface area contributed by atoms with Gasteiger partial charge in [0.1, 0.15) is 17.6 Å². The molecule has 0 saturated heterocycles. The Bertz CT molecular complexity index is 1310. The molecule has 1 unspecified atom stereocenters. The van der Waals surface area contributed by atoms with Crippen molar-refractivity contribution >= 4 is 33.2 Å². The highest BCUT2D eigenvalue weighted by Gasteiger charge is 2.20. The molecule has 0 bridgehead atoms. The molecule has 0 spiro atoms. The van der Waals surface area contributed by atoms with Gasteiger partial charge in [0.05, 0.1) is 23.9 Å². The Morgan fingerprint density at radius 1 is 1.16 bits per heavy atom. The van der Waals surface area contributed by atoms with Crippen LogP contribution in [0.15, 0.2) is 59.7 Å². The second kappa shape index (κ2) is 8.94. The van der Waals surface area contributed by atoms with Gasteiger partial charge in [0.2, 0.25) is 0 Å². The molecule has 1 atom stereocenters. The molecule has 0 fully saturated rings. The number of hydrogen-bond donors (Lipinski definition) is 1. The van der Waals surface area contributed by atoms with Gasteiger partial charge >= 0.3 is 0 Å². The van der Waals surface area contributed by atoms with Gasteiger partial charge < -0.3 is 14.6 Å². The third kappa shape index (κ3) is 4.50. The summed E-state index contributed by atoms with van der Waals surface area (Å²) < 4.78 is 13.3. The molecule has 0 aliphatic carbocycles. The highest BCUT2D eigenvalue weighted by molar-refractivity contribution is 7.22. The van der Waals surface area contributed by atoms with Crippen molar-refractivity contribution in [3.05, 3.63) is 70.2 Å². The quantitative estimate of drug-likeness (QED) is 0.396. The fourth-order valence-corrected chi connectivity index (χ4v) is 4.29. The van der Waals surface area contributed by atoms with Crippen molar-refractivity contribution in [2.75, 3.05) is 13.7 Å². The highest BCUT2D eigenvalue weighted by atomic mass is 35.5. The molecule has 4 aromatic rings. The first-order valence-corrected chi connectivity index (χ1v) is 11.3. The number of thiophene rings is 1. The van der Waals surface area contributed by atoms with Crippen LogP contribution in [0.3, 0.4) is 0 Å². The van der Waals surface area contributed by atoms with Crippen LogP contribution in [0.4, 0.5) is 0 Å². The number of rotatable bonds is 7. The number of aromatic nitrogens is 2. The lowest BCUT2D eigenvalue weighted by molar-refractivity contribution is 0.00775. The maximum absolute atomic E-state index is 13.2. The van der Waals surface area contributed by atoms with Gasteiger partial charge in [-0.15, -0.1) is 11.3 Å². The van der Waals surface area contributed by atoms with Gasteiger partial charge in [0, 0.05) is 16.0 Å². The van der Waals surface area contributed by atoms with Gasteiger partial charge in [-0.05, 0) is 49.2 Å². The Labute approximate surface area is 194 Å². The van der Waals surface area contributed by atoms with Gasteiger partial charge in [-0.1, -0.05) is 30.7 Å². The zero-order valence-electron chi connectivity index (χ0n) is 18.0. The Hall–Kier alpha value is -2.87. The topological polar surface area (TPSA) is 73.6 Å². The molecular formula is C24H23ClN2O4S. The molecule has 2 aromatic carbocycles. The van der Waals surface area contributed by atoms with Crippen molar-refractivity contribution in [1.29, 1.82) is 0 Å². The lowest BCUT2D eigenvalue weighted by Gasteiger charge is -2.22. The molecule has 166 valence electrons. The van der Waals surface area contributed by atoms with Crippen molar-refractivity contribution in [2.45, 2.75) is 25.9 Å². The Balaban J connectivity index is 1.69. The fourth-order valence-electron chi connectivity index (χ4n) is 3.11. The first-order chi connectivity index (χ1) is 15.3. The molecule has 1 N–H and O–H groups in total. The molecule has 4 rings (SSSR count). The molecule has 6 nitrogen and oxygen atoms in total. The van der Waals surface area contributed by atoms with Crippen LogP contribution in [0.2, 0.25) is 5.02 Å². The van der Waals surface area contributed by atoms with Crippen LogP contribution < -0.4 is 15.0 Å². The van der Waals surface area contributed by atoms with Crippen molar-refractivity contribution < 1.29 is 14.6 Å². The Morgan fingerprint density at radius 3 is 2.59 bits per heavy atom. The lowest BCUT2D eigenvalue weighted by atomic mass is 10.1. The third-order valence-electron chi connectivity index (χ3n) is 5.29. The average molecular weight is 471 g/mol. The lowest BCUT2D eigenvalue weighted by Crippen LogP contribution is -2.31. The number of nitrogens with zero attached hydrogens (tertiary/aromatic N) is 2. The molecule has 32 heavy (non-hydrogen) atoms. The van der Waals surface area contributed by atoms with Crippen LogP contribution >= 0.6 is 22.9 Å². The molecule has 0 aliphatic rings. The first kappa shape index (κ1) is 22.3. The summed E-state index contributed by atoms with van der Waals surface area (Å²) in [4.78, 5) is 18.6. The molecule has 0 radical (unpaired) electrons. The van der Waals surface area contributed by atoms with E-state index in [2.05, 4.69) is 4.98 Å². The van der Waals surface area contributed by atoms with Crippen LogP contribution in [0, 0.1) is 0 Å². The minimum atomic E-state index is -0.934. The van der Waals surface area contributed by atoms with Crippen molar-refractivity contribution in [2.24, 2.45) is 0 Å². The number of hydrogen-bond acceptors (Lipinski definition) is 6. The summed E-state index contributed by atoms with van der Waals surface area (Å²) in [6.45, 7) is 3.74. The largest absolute Gasteiger partial charge is 0.493 e. The average Bonchev–Trinajstić information content (AvgIpc) is 3.24. The van der Waals surface area contributed by atoms with Gasteiger partial charge in [-0.25, -0.2) is 4.98 Å². The van der Waals surface area contributed by atoms with Gasteiger partial charge in [0.25, 0.3) is 5.56 Å². The zero-order valence-corrected chi connectivity index (χ0v) is 19.5. The third-order valence-corrected chi connectivity index (χ3v) is 6.71. The number of methoxy groups -OCH3 is 1. The summed E-state index contributed by atoms with van der Waals surface area (Å²) in [6, 6.07) is 14.6. The molecule has 2 aromatic heterocycles. The van der Waals surface area contributed by atoms with E-state index in [1.165, 1.54) is 29.3 Å². The highest BCUT2D eigenvalue weighted by Crippen LogP contribution is 2.33. The van der Waals surface area contributed by atoms with Gasteiger partial charge in [-0.3, -0.25) is 9.36 Å². The van der Waals surface area contributed by atoms with Crippen molar-refractivity contribution in [3.63, 3.8) is 0 Å². The van der Waals surface area contributed by atoms with E-state index in [0.717, 1.165) is 10.4 Å². The summed E-state index contributed by atoms with van der Waals surface area (Å²) in [5.41, 5.74) is 1.14. The van der Waals surface area contributed by atoms with E-state index in [1.807, 2.05) is 37.3 Å². The molecule has 0 saturated carbocycles. The van der Waals surface area contributed by atoms with E-state index in [-0.39, 0.29) is 12.2 Å². The van der Waals surface area contributed by atoms with E-state index in [4.69, 9.17) is 21.1 Å². The van der Waals surface area contributed by atoms with E-state index >= 15 is 0 Å². The van der Waals surface area contributed by atoms with Crippen LogP contribution in [0.1, 0.15) is 20.3 Å². The number of halogens is 1. The van der Waals surface area contributed by atoms with Crippen molar-refractivity contribution in [3.8, 4) is 27.6 Å². The van der Waals surface area contributed by atoms with Crippen LogP contribution in [0.25, 0.3) is 26.3 Å². The Kier molecular flexibility index (Phi) is 6.24. The Morgan fingerprint density at radius 2 is 1.91 bits per heavy atom. The predicted octanol–water partition coefficient (Wildman–Crippen LogP) is 5.32. The monoisotopic (exact) mass is 470 g/mol. The van der Waals surface area contributed by atoms with E-state index in [1.54, 1.807) is 25.1 Å². The SMILES string of the molecule is CCC(C)(O)COc1ccc(-n2cnc3cc(-c4ccc(Cl)cc4)sc3c2=O)cc1OC. The predicted molar refractivity (Wildman–Crippen MR) is 129 cm³/mol. The maximum atomic E-state index is 13.2. The summed E-state index contributed by atoms with van der Waals surface area (Å²) >= 11 is 7.38. The molecule has 0 amide bonds. The fraction of sp³-hybridized carbons (Fsp3) is 0.250. The normalized spacial score (nSPS) is 13.2. The molecule has 0 aliphatic heterocycles. The minimum Gasteiger partial charge on any atom is -0.493 e. The summed E-state index contributed by atoms with van der Waals surface area (Å²) in [7, 11) is 1.53. The van der Waals surface area contributed by atoms with E-state index < -0.39 is 5.60 Å². The smallest absolute Gasteiger partial charge is 0.275 e. The summed E-state index contributed by atoms with van der Waals surface area (Å²) in [5, 5.41) is 10.9. The second-order valence-electron chi connectivity index (χ2n) is 7.73. The summed E-state index contributed by atoms with van der Waals surface area (Å²) in [5.74, 6) is 0.961. The number of fused-ring (bicyclic) bond motifs is 1. The molecule has 8 heteroatoms. The zero-order chi connectivity index (χ0) is 22.9. The molecule has 2 heterocycles. The van der Waals surface area contributed by atoms with Gasteiger partial charge in [0.15, 0.2) is 11.5 Å². The van der Waals surface area contributed by atoms with Crippen LogP contribution in [-0.4, -0.2) is 34.0 Å². The molecular weight excluding hydrogens is 448 g/mol. The number of ether oxygens (including phenoxy) is 2. The second-order valence-corrected chi connectivity index (χ2v) is 9.21. The maximum Gasteiger partial charge on any atom is 0.275 e. The van der Waals surface area contributed by atoms with Crippen LogP contribution in [-0.2, 0) is 0 Å². The first-order valence-electron chi connectivity index (χ1n) is 10.1. The van der Waals surface area contributed by atoms with Gasteiger partial charge in [-0.2, -0.15) is 0 Å².